The number of carbonyl (C=O) groups is 1. The third kappa shape index (κ3) is 5.79. The van der Waals surface area contributed by atoms with E-state index in [1.54, 1.807) is 19.2 Å². The molecule has 146 valence electrons. The van der Waals surface area contributed by atoms with E-state index < -0.39 is 0 Å². The van der Waals surface area contributed by atoms with Crippen LogP contribution in [-0.4, -0.2) is 26.2 Å². The Kier molecular flexibility index (Phi) is 8.27. The summed E-state index contributed by atoms with van der Waals surface area (Å²) in [6, 6.07) is 10.8. The van der Waals surface area contributed by atoms with E-state index in [-0.39, 0.29) is 5.91 Å². The number of para-hydroxylation sites is 1. The number of halogens is 1. The summed E-state index contributed by atoms with van der Waals surface area (Å²) in [5, 5.41) is 3.24. The van der Waals surface area contributed by atoms with Crippen molar-refractivity contribution in [2.24, 2.45) is 0 Å². The first-order valence-corrected chi connectivity index (χ1v) is 9.47. The molecule has 0 heterocycles. The van der Waals surface area contributed by atoms with Crippen molar-refractivity contribution in [3.8, 4) is 17.2 Å². The van der Waals surface area contributed by atoms with Gasteiger partial charge in [0.1, 0.15) is 5.75 Å². The molecule has 0 fully saturated rings. The molecular weight excluding hydrogens is 366 g/mol. The molecule has 2 rings (SSSR count). The lowest BCUT2D eigenvalue weighted by atomic mass is 10.1. The topological polar surface area (TPSA) is 56.8 Å². The van der Waals surface area contributed by atoms with Crippen molar-refractivity contribution in [3.05, 3.63) is 52.5 Å². The Bertz CT molecular complexity index is 764. The Morgan fingerprint density at radius 1 is 1.11 bits per heavy atom. The molecule has 0 radical (unpaired) electrons. The maximum absolute atomic E-state index is 12.6. The van der Waals surface area contributed by atoms with Gasteiger partial charge in [0, 0.05) is 17.7 Å². The zero-order chi connectivity index (χ0) is 19.6. The Balaban J connectivity index is 2.15. The first-order chi connectivity index (χ1) is 13.1. The molecule has 0 atom stereocenters. The van der Waals surface area contributed by atoms with Crippen molar-refractivity contribution in [1.82, 2.24) is 5.32 Å². The van der Waals surface area contributed by atoms with Gasteiger partial charge in [-0.3, -0.25) is 4.79 Å². The molecule has 2 aromatic rings. The summed E-state index contributed by atoms with van der Waals surface area (Å²) in [4.78, 5) is 12.6. The van der Waals surface area contributed by atoms with Crippen molar-refractivity contribution < 1.29 is 19.0 Å². The fourth-order valence-corrected chi connectivity index (χ4v) is 2.81. The van der Waals surface area contributed by atoms with Crippen molar-refractivity contribution in [1.29, 1.82) is 0 Å². The lowest BCUT2D eigenvalue weighted by molar-refractivity contribution is 0.0950. The standard InChI is InChI=1S/C21H26ClNO4/c1-4-6-11-27-20-17(22)12-16(13-19(20)26-5-2)21(24)23-14-15-9-7-8-10-18(15)25-3/h7-10,12-13H,4-6,11,14H2,1-3H3,(H,23,24). The second-order valence-corrected chi connectivity index (χ2v) is 6.32. The van der Waals surface area contributed by atoms with E-state index in [2.05, 4.69) is 12.2 Å². The highest BCUT2D eigenvalue weighted by molar-refractivity contribution is 6.32. The van der Waals surface area contributed by atoms with Gasteiger partial charge in [-0.05, 0) is 31.5 Å². The molecule has 0 aliphatic rings. The van der Waals surface area contributed by atoms with Gasteiger partial charge in [0.15, 0.2) is 11.5 Å². The van der Waals surface area contributed by atoms with Crippen LogP contribution in [0.1, 0.15) is 42.6 Å². The summed E-state index contributed by atoms with van der Waals surface area (Å²) in [6.07, 6.45) is 1.94. The minimum Gasteiger partial charge on any atom is -0.496 e. The summed E-state index contributed by atoms with van der Waals surface area (Å²) in [5.74, 6) is 1.44. The first kappa shape index (κ1) is 20.9. The summed E-state index contributed by atoms with van der Waals surface area (Å²) >= 11 is 6.35. The molecule has 1 amide bonds. The summed E-state index contributed by atoms with van der Waals surface area (Å²) in [6.45, 7) is 5.31. The summed E-state index contributed by atoms with van der Waals surface area (Å²) < 4.78 is 16.7. The monoisotopic (exact) mass is 391 g/mol. The smallest absolute Gasteiger partial charge is 0.251 e. The molecule has 0 unspecified atom stereocenters. The predicted molar refractivity (Wildman–Crippen MR) is 107 cm³/mol. The molecule has 0 aliphatic heterocycles. The zero-order valence-electron chi connectivity index (χ0n) is 16.0. The normalized spacial score (nSPS) is 10.4. The van der Waals surface area contributed by atoms with E-state index in [9.17, 15) is 4.79 Å². The van der Waals surface area contributed by atoms with E-state index in [0.29, 0.717) is 41.8 Å². The van der Waals surface area contributed by atoms with Gasteiger partial charge in [-0.25, -0.2) is 0 Å². The largest absolute Gasteiger partial charge is 0.496 e. The fraction of sp³-hybridized carbons (Fsp3) is 0.381. The van der Waals surface area contributed by atoms with Crippen LogP contribution in [-0.2, 0) is 6.54 Å². The van der Waals surface area contributed by atoms with E-state index >= 15 is 0 Å². The maximum Gasteiger partial charge on any atom is 0.251 e. The van der Waals surface area contributed by atoms with Gasteiger partial charge in [0.25, 0.3) is 5.91 Å². The van der Waals surface area contributed by atoms with Crippen LogP contribution < -0.4 is 19.5 Å². The van der Waals surface area contributed by atoms with Crippen LogP contribution in [0.2, 0.25) is 5.02 Å². The highest BCUT2D eigenvalue weighted by Crippen LogP contribution is 2.37. The number of unbranched alkanes of at least 4 members (excludes halogenated alkanes) is 1. The third-order valence-corrected chi connectivity index (χ3v) is 4.23. The zero-order valence-corrected chi connectivity index (χ0v) is 16.8. The molecule has 0 bridgehead atoms. The maximum atomic E-state index is 12.6. The Hall–Kier alpha value is -2.40. The number of amides is 1. The van der Waals surface area contributed by atoms with Gasteiger partial charge in [-0.15, -0.1) is 0 Å². The number of hydrogen-bond acceptors (Lipinski definition) is 4. The highest BCUT2D eigenvalue weighted by Gasteiger charge is 2.16. The number of nitrogens with one attached hydrogen (secondary N) is 1. The minimum absolute atomic E-state index is 0.246. The lowest BCUT2D eigenvalue weighted by Gasteiger charge is -2.15. The number of carbonyl (C=O) groups excluding carboxylic acids is 1. The SMILES string of the molecule is CCCCOc1c(Cl)cc(C(=O)NCc2ccccc2OC)cc1OCC. The van der Waals surface area contributed by atoms with Crippen molar-refractivity contribution in [2.45, 2.75) is 33.2 Å². The van der Waals surface area contributed by atoms with Crippen LogP contribution in [0.25, 0.3) is 0 Å². The Labute approximate surface area is 165 Å². The molecule has 27 heavy (non-hydrogen) atoms. The fourth-order valence-electron chi connectivity index (χ4n) is 2.55. The minimum atomic E-state index is -0.246. The average Bonchev–Trinajstić information content (AvgIpc) is 2.68. The molecule has 6 heteroatoms. The molecule has 5 nitrogen and oxygen atoms in total. The summed E-state index contributed by atoms with van der Waals surface area (Å²) in [5.41, 5.74) is 1.31. The molecule has 0 aromatic heterocycles. The van der Waals surface area contributed by atoms with Gasteiger partial charge >= 0.3 is 0 Å². The van der Waals surface area contributed by atoms with Crippen LogP contribution >= 0.6 is 11.6 Å². The van der Waals surface area contributed by atoms with Gasteiger partial charge in [-0.1, -0.05) is 43.1 Å². The van der Waals surface area contributed by atoms with E-state index in [1.807, 2.05) is 31.2 Å². The van der Waals surface area contributed by atoms with Gasteiger partial charge < -0.3 is 19.5 Å². The van der Waals surface area contributed by atoms with Gasteiger partial charge in [0.2, 0.25) is 0 Å². The number of rotatable bonds is 10. The number of hydrogen-bond donors (Lipinski definition) is 1. The van der Waals surface area contributed by atoms with Crippen LogP contribution in [0, 0.1) is 0 Å². The number of benzene rings is 2. The van der Waals surface area contributed by atoms with Gasteiger partial charge in [-0.2, -0.15) is 0 Å². The van der Waals surface area contributed by atoms with Gasteiger partial charge in [0.05, 0.1) is 25.3 Å². The van der Waals surface area contributed by atoms with Crippen LogP contribution in [0.3, 0.4) is 0 Å². The molecule has 0 aliphatic carbocycles. The second-order valence-electron chi connectivity index (χ2n) is 5.91. The molecule has 0 spiro atoms. The number of ether oxygens (including phenoxy) is 3. The van der Waals surface area contributed by atoms with E-state index in [1.165, 1.54) is 0 Å². The molecule has 2 aromatic carbocycles. The predicted octanol–water partition coefficient (Wildman–Crippen LogP) is 4.86. The van der Waals surface area contributed by atoms with E-state index in [0.717, 1.165) is 24.2 Å². The summed E-state index contributed by atoms with van der Waals surface area (Å²) in [7, 11) is 1.60. The van der Waals surface area contributed by atoms with Crippen molar-refractivity contribution in [2.75, 3.05) is 20.3 Å². The van der Waals surface area contributed by atoms with Crippen LogP contribution in [0.4, 0.5) is 0 Å². The first-order valence-electron chi connectivity index (χ1n) is 9.09. The van der Waals surface area contributed by atoms with Crippen LogP contribution in [0.5, 0.6) is 17.2 Å². The highest BCUT2D eigenvalue weighted by atomic mass is 35.5. The number of methoxy groups -OCH3 is 1. The lowest BCUT2D eigenvalue weighted by Crippen LogP contribution is -2.23. The Morgan fingerprint density at radius 2 is 1.89 bits per heavy atom. The average molecular weight is 392 g/mol. The molecular formula is C21H26ClNO4. The van der Waals surface area contributed by atoms with Crippen molar-refractivity contribution in [3.63, 3.8) is 0 Å². The van der Waals surface area contributed by atoms with E-state index in [4.69, 9.17) is 25.8 Å². The third-order valence-electron chi connectivity index (χ3n) is 3.95. The Morgan fingerprint density at radius 3 is 2.59 bits per heavy atom. The second kappa shape index (κ2) is 10.7. The van der Waals surface area contributed by atoms with Crippen molar-refractivity contribution >= 4 is 17.5 Å². The molecule has 0 saturated carbocycles. The molecule has 0 saturated heterocycles. The molecule has 1 N–H and O–H groups in total. The van der Waals surface area contributed by atoms with Crippen LogP contribution in [0.15, 0.2) is 36.4 Å². The quantitative estimate of drug-likeness (QED) is 0.588.